The fourth-order valence-corrected chi connectivity index (χ4v) is 2.28. The highest BCUT2D eigenvalue weighted by atomic mass is 16.3. The summed E-state index contributed by atoms with van der Waals surface area (Å²) < 4.78 is 0. The Bertz CT molecular complexity index is 346. The van der Waals surface area contributed by atoms with E-state index >= 15 is 0 Å². The molecule has 1 atom stereocenters. The monoisotopic (exact) mass is 219 g/mol. The maximum atomic E-state index is 10.0. The number of para-hydroxylation sites is 1. The molecule has 1 aliphatic rings. The van der Waals surface area contributed by atoms with Crippen molar-refractivity contribution in [3.63, 3.8) is 0 Å². The summed E-state index contributed by atoms with van der Waals surface area (Å²) in [7, 11) is 2.14. The molecule has 2 rings (SSSR count). The lowest BCUT2D eigenvalue weighted by Crippen LogP contribution is -2.37. The van der Waals surface area contributed by atoms with E-state index in [2.05, 4.69) is 24.1 Å². The Morgan fingerprint density at radius 2 is 2.06 bits per heavy atom. The standard InChI is InChI=1S/C14H21NO/c1-3-14(16)12-9-4-5-10-13(12)15(2)11-7-6-8-11/h4-5,9-11,14,16H,3,6-8H2,1-2H3/t14-/m0/s1. The third-order valence-electron chi connectivity index (χ3n) is 3.68. The number of aliphatic hydroxyl groups is 1. The molecular formula is C14H21NO. The molecule has 2 heteroatoms. The molecule has 1 fully saturated rings. The predicted molar refractivity (Wildman–Crippen MR) is 67.7 cm³/mol. The van der Waals surface area contributed by atoms with Crippen LogP contribution in [0.25, 0.3) is 0 Å². The van der Waals surface area contributed by atoms with Crippen LogP contribution in [-0.2, 0) is 0 Å². The van der Waals surface area contributed by atoms with Gasteiger partial charge in [0.05, 0.1) is 6.10 Å². The molecule has 16 heavy (non-hydrogen) atoms. The molecule has 0 aliphatic heterocycles. The van der Waals surface area contributed by atoms with E-state index < -0.39 is 0 Å². The third-order valence-corrected chi connectivity index (χ3v) is 3.68. The van der Waals surface area contributed by atoms with Gasteiger partial charge < -0.3 is 10.0 Å². The van der Waals surface area contributed by atoms with Crippen LogP contribution in [0.2, 0.25) is 0 Å². The Morgan fingerprint density at radius 1 is 1.38 bits per heavy atom. The first-order valence-electron chi connectivity index (χ1n) is 6.24. The van der Waals surface area contributed by atoms with Crippen molar-refractivity contribution in [1.29, 1.82) is 0 Å². The van der Waals surface area contributed by atoms with Crippen LogP contribution in [0.4, 0.5) is 5.69 Å². The average molecular weight is 219 g/mol. The van der Waals surface area contributed by atoms with Crippen LogP contribution < -0.4 is 4.90 Å². The van der Waals surface area contributed by atoms with Crippen LogP contribution in [0.3, 0.4) is 0 Å². The Kier molecular flexibility index (Phi) is 3.49. The summed E-state index contributed by atoms with van der Waals surface area (Å²) >= 11 is 0. The van der Waals surface area contributed by atoms with Crippen LogP contribution in [0.15, 0.2) is 24.3 Å². The summed E-state index contributed by atoms with van der Waals surface area (Å²) in [5, 5.41) is 10.0. The molecule has 88 valence electrons. The number of nitrogens with zero attached hydrogens (tertiary/aromatic N) is 1. The first-order valence-corrected chi connectivity index (χ1v) is 6.24. The molecule has 2 nitrogen and oxygen atoms in total. The summed E-state index contributed by atoms with van der Waals surface area (Å²) in [5.41, 5.74) is 2.26. The smallest absolute Gasteiger partial charge is 0.0807 e. The van der Waals surface area contributed by atoms with E-state index in [9.17, 15) is 5.11 Å². The Hall–Kier alpha value is -1.02. The van der Waals surface area contributed by atoms with Crippen molar-refractivity contribution < 1.29 is 5.11 Å². The normalized spacial score (nSPS) is 17.9. The van der Waals surface area contributed by atoms with Crippen LogP contribution in [0.1, 0.15) is 44.3 Å². The van der Waals surface area contributed by atoms with E-state index in [-0.39, 0.29) is 6.10 Å². The van der Waals surface area contributed by atoms with Gasteiger partial charge in [-0.3, -0.25) is 0 Å². The lowest BCUT2D eigenvalue weighted by molar-refractivity contribution is 0.174. The number of hydrogen-bond acceptors (Lipinski definition) is 2. The molecule has 0 aromatic heterocycles. The number of anilines is 1. The molecule has 0 bridgehead atoms. The molecule has 0 amide bonds. The molecular weight excluding hydrogens is 198 g/mol. The van der Waals surface area contributed by atoms with Crippen LogP contribution in [-0.4, -0.2) is 18.2 Å². The van der Waals surface area contributed by atoms with Crippen molar-refractivity contribution >= 4 is 5.69 Å². The van der Waals surface area contributed by atoms with E-state index in [1.807, 2.05) is 19.1 Å². The summed E-state index contributed by atoms with van der Waals surface area (Å²) in [5.74, 6) is 0. The first-order chi connectivity index (χ1) is 7.74. The summed E-state index contributed by atoms with van der Waals surface area (Å²) in [6.07, 6.45) is 4.35. The number of hydrogen-bond donors (Lipinski definition) is 1. The quantitative estimate of drug-likeness (QED) is 0.841. The van der Waals surface area contributed by atoms with E-state index in [1.165, 1.54) is 24.9 Å². The maximum absolute atomic E-state index is 10.0. The van der Waals surface area contributed by atoms with Gasteiger partial charge in [0.25, 0.3) is 0 Å². The zero-order chi connectivity index (χ0) is 11.5. The maximum Gasteiger partial charge on any atom is 0.0807 e. The van der Waals surface area contributed by atoms with E-state index in [0.717, 1.165) is 12.0 Å². The fourth-order valence-electron chi connectivity index (χ4n) is 2.28. The second-order valence-corrected chi connectivity index (χ2v) is 4.68. The van der Waals surface area contributed by atoms with E-state index in [0.29, 0.717) is 6.04 Å². The van der Waals surface area contributed by atoms with Gasteiger partial charge >= 0.3 is 0 Å². The number of aliphatic hydroxyl groups excluding tert-OH is 1. The van der Waals surface area contributed by atoms with Crippen LogP contribution >= 0.6 is 0 Å². The van der Waals surface area contributed by atoms with Gasteiger partial charge in [-0.1, -0.05) is 25.1 Å². The topological polar surface area (TPSA) is 23.5 Å². The van der Waals surface area contributed by atoms with Gasteiger partial charge in [0.2, 0.25) is 0 Å². The zero-order valence-electron chi connectivity index (χ0n) is 10.2. The Balaban J connectivity index is 2.24. The van der Waals surface area contributed by atoms with Gasteiger partial charge in [0.1, 0.15) is 0 Å². The highest BCUT2D eigenvalue weighted by Crippen LogP contribution is 2.33. The molecule has 1 saturated carbocycles. The molecule has 1 aromatic carbocycles. The molecule has 0 saturated heterocycles. The van der Waals surface area contributed by atoms with E-state index in [4.69, 9.17) is 0 Å². The SMILES string of the molecule is CC[C@H](O)c1ccccc1N(C)C1CCC1. The molecule has 1 aromatic rings. The third kappa shape index (κ3) is 2.07. The predicted octanol–water partition coefficient (Wildman–Crippen LogP) is 3.12. The van der Waals surface area contributed by atoms with Gasteiger partial charge in [-0.15, -0.1) is 0 Å². The highest BCUT2D eigenvalue weighted by Gasteiger charge is 2.24. The molecule has 1 N–H and O–H groups in total. The highest BCUT2D eigenvalue weighted by molar-refractivity contribution is 5.55. The Labute approximate surface area is 97.9 Å². The van der Waals surface area contributed by atoms with Crippen molar-refractivity contribution in [1.82, 2.24) is 0 Å². The van der Waals surface area contributed by atoms with Gasteiger partial charge in [0, 0.05) is 24.3 Å². The molecule has 0 unspecified atom stereocenters. The lowest BCUT2D eigenvalue weighted by Gasteiger charge is -2.37. The molecule has 0 heterocycles. The fraction of sp³-hybridized carbons (Fsp3) is 0.571. The zero-order valence-corrected chi connectivity index (χ0v) is 10.2. The minimum atomic E-state index is -0.335. The van der Waals surface area contributed by atoms with Crippen molar-refractivity contribution in [2.24, 2.45) is 0 Å². The summed E-state index contributed by atoms with van der Waals surface area (Å²) in [6, 6.07) is 8.89. The van der Waals surface area contributed by atoms with Crippen molar-refractivity contribution in [3.8, 4) is 0 Å². The van der Waals surface area contributed by atoms with Crippen LogP contribution in [0.5, 0.6) is 0 Å². The van der Waals surface area contributed by atoms with Crippen molar-refractivity contribution in [2.75, 3.05) is 11.9 Å². The minimum Gasteiger partial charge on any atom is -0.388 e. The van der Waals surface area contributed by atoms with Gasteiger partial charge in [-0.05, 0) is 31.7 Å². The Morgan fingerprint density at radius 3 is 2.62 bits per heavy atom. The average Bonchev–Trinajstić information content (AvgIpc) is 2.25. The second-order valence-electron chi connectivity index (χ2n) is 4.68. The summed E-state index contributed by atoms with van der Waals surface area (Å²) in [4.78, 5) is 2.33. The number of benzene rings is 1. The lowest BCUT2D eigenvalue weighted by atomic mass is 9.90. The van der Waals surface area contributed by atoms with Gasteiger partial charge in [-0.2, -0.15) is 0 Å². The van der Waals surface area contributed by atoms with Crippen LogP contribution in [0, 0.1) is 0 Å². The largest absolute Gasteiger partial charge is 0.388 e. The van der Waals surface area contributed by atoms with E-state index in [1.54, 1.807) is 0 Å². The van der Waals surface area contributed by atoms with Gasteiger partial charge in [-0.25, -0.2) is 0 Å². The van der Waals surface area contributed by atoms with Crippen molar-refractivity contribution in [2.45, 2.75) is 44.8 Å². The molecule has 1 aliphatic carbocycles. The number of rotatable bonds is 4. The second kappa shape index (κ2) is 4.88. The van der Waals surface area contributed by atoms with Gasteiger partial charge in [0.15, 0.2) is 0 Å². The first kappa shape index (κ1) is 11.5. The minimum absolute atomic E-state index is 0.335. The summed E-state index contributed by atoms with van der Waals surface area (Å²) in [6.45, 7) is 2.02. The van der Waals surface area contributed by atoms with Crippen molar-refractivity contribution in [3.05, 3.63) is 29.8 Å². The molecule has 0 spiro atoms. The molecule has 0 radical (unpaired) electrons.